The minimum absolute atomic E-state index is 0.718. The maximum atomic E-state index is 4.72. The van der Waals surface area contributed by atoms with Crippen molar-refractivity contribution >= 4 is 11.5 Å². The topological polar surface area (TPSA) is 38.9 Å². The fraction of sp³-hybridized carbons (Fsp3) is 0.250. The Labute approximate surface area is 75.2 Å². The Balaban J connectivity index is 0.000000120. The van der Waals surface area contributed by atoms with E-state index in [1.165, 1.54) is 16.4 Å². The molecule has 0 radical (unpaired) electrons. The van der Waals surface area contributed by atoms with Crippen molar-refractivity contribution in [2.24, 2.45) is 0 Å². The molecular formula is C8H10N2OS. The van der Waals surface area contributed by atoms with Crippen LogP contribution in [-0.4, -0.2) is 9.36 Å². The van der Waals surface area contributed by atoms with Crippen LogP contribution in [0.5, 0.6) is 0 Å². The van der Waals surface area contributed by atoms with E-state index in [-0.39, 0.29) is 0 Å². The second-order valence-corrected chi connectivity index (χ2v) is 3.21. The van der Waals surface area contributed by atoms with Crippen LogP contribution in [0, 0.1) is 13.8 Å². The normalized spacial score (nSPS) is 8.83. The molecule has 2 heterocycles. The van der Waals surface area contributed by atoms with E-state index in [4.69, 9.17) is 4.42 Å². The van der Waals surface area contributed by atoms with Gasteiger partial charge in [-0.1, -0.05) is 0 Å². The molecule has 3 nitrogen and oxygen atoms in total. The van der Waals surface area contributed by atoms with E-state index in [1.807, 2.05) is 13.0 Å². The first-order valence-electron chi connectivity index (χ1n) is 3.52. The number of hydrogen-bond donors (Lipinski definition) is 0. The number of nitrogens with zero attached hydrogens (tertiary/aromatic N) is 2. The number of rotatable bonds is 0. The van der Waals surface area contributed by atoms with Crippen molar-refractivity contribution in [2.75, 3.05) is 0 Å². The second kappa shape index (κ2) is 4.66. The summed E-state index contributed by atoms with van der Waals surface area (Å²) in [4.78, 5) is 5.02. The molecule has 0 bridgehead atoms. The molecule has 0 aromatic carbocycles. The molecule has 0 saturated heterocycles. The molecule has 0 N–H and O–H groups in total. The van der Waals surface area contributed by atoms with Crippen LogP contribution in [0.2, 0.25) is 0 Å². The van der Waals surface area contributed by atoms with E-state index in [1.54, 1.807) is 25.6 Å². The van der Waals surface area contributed by atoms with Crippen molar-refractivity contribution in [3.05, 3.63) is 35.5 Å². The summed E-state index contributed by atoms with van der Waals surface area (Å²) in [5, 5.41) is 0. The van der Waals surface area contributed by atoms with Crippen LogP contribution in [-0.2, 0) is 0 Å². The summed E-state index contributed by atoms with van der Waals surface area (Å²) in [5.41, 5.74) is 0. The first-order valence-corrected chi connectivity index (χ1v) is 4.30. The minimum atomic E-state index is 0.718. The molecule has 0 aliphatic heterocycles. The highest BCUT2D eigenvalue weighted by Crippen LogP contribution is 1.98. The first kappa shape index (κ1) is 8.93. The largest absolute Gasteiger partial charge is 0.449 e. The van der Waals surface area contributed by atoms with E-state index >= 15 is 0 Å². The van der Waals surface area contributed by atoms with E-state index in [2.05, 4.69) is 9.36 Å². The Hall–Kier alpha value is -1.16. The van der Waals surface area contributed by atoms with Crippen LogP contribution in [0.25, 0.3) is 0 Å². The van der Waals surface area contributed by atoms with Crippen LogP contribution in [0.15, 0.2) is 29.1 Å². The molecule has 0 aliphatic rings. The highest BCUT2D eigenvalue weighted by Gasteiger charge is 1.77. The van der Waals surface area contributed by atoms with Gasteiger partial charge in [-0.05, 0) is 24.5 Å². The van der Waals surface area contributed by atoms with Crippen LogP contribution >= 0.6 is 11.5 Å². The fourth-order valence-corrected chi connectivity index (χ4v) is 0.984. The summed E-state index contributed by atoms with van der Waals surface area (Å²) in [6.07, 6.45) is 4.98. The first-order chi connectivity index (χ1) is 5.79. The van der Waals surface area contributed by atoms with Gasteiger partial charge in [0.2, 0.25) is 0 Å². The summed E-state index contributed by atoms with van der Waals surface area (Å²) >= 11 is 1.53. The van der Waals surface area contributed by atoms with Gasteiger partial charge in [-0.3, -0.25) is 0 Å². The Kier molecular flexibility index (Phi) is 3.47. The van der Waals surface area contributed by atoms with Crippen LogP contribution < -0.4 is 0 Å². The van der Waals surface area contributed by atoms with Gasteiger partial charge in [0.25, 0.3) is 0 Å². The monoisotopic (exact) mass is 182 g/mol. The van der Waals surface area contributed by atoms with Gasteiger partial charge in [0.15, 0.2) is 5.89 Å². The molecule has 64 valence electrons. The van der Waals surface area contributed by atoms with Gasteiger partial charge < -0.3 is 4.42 Å². The van der Waals surface area contributed by atoms with Gasteiger partial charge in [-0.25, -0.2) is 9.36 Å². The van der Waals surface area contributed by atoms with Crippen molar-refractivity contribution in [3.63, 3.8) is 0 Å². The Morgan fingerprint density at radius 3 is 2.33 bits per heavy atom. The maximum absolute atomic E-state index is 4.72. The highest BCUT2D eigenvalue weighted by molar-refractivity contribution is 7.05. The van der Waals surface area contributed by atoms with E-state index in [0.717, 1.165) is 5.89 Å². The third-order valence-electron chi connectivity index (χ3n) is 1.12. The second-order valence-electron chi connectivity index (χ2n) is 2.17. The number of aromatic nitrogens is 2. The molecular weight excluding hydrogens is 172 g/mol. The Bertz CT molecular complexity index is 256. The summed E-state index contributed by atoms with van der Waals surface area (Å²) in [7, 11) is 0. The van der Waals surface area contributed by atoms with E-state index in [0.29, 0.717) is 0 Å². The lowest BCUT2D eigenvalue weighted by Gasteiger charge is -1.67. The molecule has 0 spiro atoms. The molecule has 4 heteroatoms. The number of hydrogen-bond acceptors (Lipinski definition) is 4. The van der Waals surface area contributed by atoms with Crippen molar-refractivity contribution in [1.82, 2.24) is 9.36 Å². The molecule has 0 unspecified atom stereocenters. The van der Waals surface area contributed by atoms with Gasteiger partial charge in [0.05, 0.1) is 6.20 Å². The average Bonchev–Trinajstić information content (AvgIpc) is 2.63. The molecule has 2 aromatic rings. The van der Waals surface area contributed by atoms with Gasteiger partial charge >= 0.3 is 0 Å². The standard InChI is InChI=1S/C4H5NO.C4H5NS/c1-4-5-2-3-6-4;1-4-2-3-5-6-4/h2*2-3H,1H3. The molecule has 0 aliphatic carbocycles. The van der Waals surface area contributed by atoms with Crippen molar-refractivity contribution in [2.45, 2.75) is 13.8 Å². The predicted octanol–water partition coefficient (Wildman–Crippen LogP) is 2.43. The SMILES string of the molecule is Cc1ccns1.Cc1ncco1. The smallest absolute Gasteiger partial charge is 0.190 e. The van der Waals surface area contributed by atoms with Gasteiger partial charge in [-0.2, -0.15) is 0 Å². The third-order valence-corrected chi connectivity index (χ3v) is 1.77. The summed E-state index contributed by atoms with van der Waals surface area (Å²) in [6.45, 7) is 3.84. The van der Waals surface area contributed by atoms with E-state index < -0.39 is 0 Å². The van der Waals surface area contributed by atoms with Crippen molar-refractivity contribution < 1.29 is 4.42 Å². The lowest BCUT2D eigenvalue weighted by atomic mass is 10.6. The van der Waals surface area contributed by atoms with Crippen molar-refractivity contribution in [3.8, 4) is 0 Å². The molecule has 0 atom stereocenters. The molecule has 12 heavy (non-hydrogen) atoms. The summed E-state index contributed by atoms with van der Waals surface area (Å²) in [5.74, 6) is 0.718. The summed E-state index contributed by atoms with van der Waals surface area (Å²) in [6, 6.07) is 1.99. The van der Waals surface area contributed by atoms with Crippen LogP contribution in [0.4, 0.5) is 0 Å². The zero-order valence-corrected chi connectivity index (χ0v) is 7.84. The summed E-state index contributed by atoms with van der Waals surface area (Å²) < 4.78 is 8.59. The zero-order chi connectivity index (χ0) is 8.81. The Morgan fingerprint density at radius 2 is 2.17 bits per heavy atom. The molecule has 0 fully saturated rings. The quantitative estimate of drug-likeness (QED) is 0.628. The lowest BCUT2D eigenvalue weighted by Crippen LogP contribution is -1.59. The average molecular weight is 182 g/mol. The third kappa shape index (κ3) is 3.30. The predicted molar refractivity (Wildman–Crippen MR) is 48.1 cm³/mol. The number of oxazole rings is 1. The maximum Gasteiger partial charge on any atom is 0.190 e. The molecule has 2 rings (SSSR count). The highest BCUT2D eigenvalue weighted by atomic mass is 32.1. The lowest BCUT2D eigenvalue weighted by molar-refractivity contribution is 0.521. The molecule has 2 aromatic heterocycles. The fourth-order valence-electron chi connectivity index (χ4n) is 0.574. The minimum Gasteiger partial charge on any atom is -0.449 e. The van der Waals surface area contributed by atoms with Crippen LogP contribution in [0.3, 0.4) is 0 Å². The zero-order valence-electron chi connectivity index (χ0n) is 7.02. The van der Waals surface area contributed by atoms with Gasteiger partial charge in [0.1, 0.15) is 6.26 Å². The van der Waals surface area contributed by atoms with Crippen LogP contribution in [0.1, 0.15) is 10.8 Å². The molecule has 0 amide bonds. The van der Waals surface area contributed by atoms with Gasteiger partial charge in [-0.15, -0.1) is 0 Å². The van der Waals surface area contributed by atoms with Crippen molar-refractivity contribution in [1.29, 1.82) is 0 Å². The Morgan fingerprint density at radius 1 is 1.33 bits per heavy atom. The number of aryl methyl sites for hydroxylation is 2. The van der Waals surface area contributed by atoms with Gasteiger partial charge in [0, 0.05) is 18.0 Å². The van der Waals surface area contributed by atoms with E-state index in [9.17, 15) is 0 Å². The molecule has 0 saturated carbocycles.